The van der Waals surface area contributed by atoms with Crippen molar-refractivity contribution in [3.05, 3.63) is 18.3 Å². The standard InChI is InChI=1S/C14H19N3O2/c1-2-19-12-4-3-7-15-13(12)16-14(18)17-8-10-5-6-11(10)9-17/h3-4,7,10-11H,2,5-6,8-9H2,1H3,(H,15,16,18)/t10-,11+. The maximum atomic E-state index is 12.2. The van der Waals surface area contributed by atoms with Gasteiger partial charge in [0.2, 0.25) is 0 Å². The van der Waals surface area contributed by atoms with Gasteiger partial charge in [-0.15, -0.1) is 0 Å². The molecule has 1 aliphatic heterocycles. The molecule has 0 aromatic carbocycles. The van der Waals surface area contributed by atoms with Gasteiger partial charge in [0.05, 0.1) is 6.61 Å². The quantitative estimate of drug-likeness (QED) is 0.908. The van der Waals surface area contributed by atoms with Crippen molar-refractivity contribution in [2.24, 2.45) is 11.8 Å². The summed E-state index contributed by atoms with van der Waals surface area (Å²) < 4.78 is 5.46. The molecule has 1 aromatic heterocycles. The molecule has 1 saturated carbocycles. The fraction of sp³-hybridized carbons (Fsp3) is 0.571. The van der Waals surface area contributed by atoms with Crippen molar-refractivity contribution in [2.45, 2.75) is 19.8 Å². The molecule has 1 saturated heterocycles. The number of ether oxygens (including phenoxy) is 1. The van der Waals surface area contributed by atoms with Gasteiger partial charge < -0.3 is 9.64 Å². The Morgan fingerprint density at radius 3 is 2.84 bits per heavy atom. The van der Waals surface area contributed by atoms with Crippen LogP contribution in [0.4, 0.5) is 10.6 Å². The number of amides is 2. The smallest absolute Gasteiger partial charge is 0.323 e. The Balaban J connectivity index is 1.66. The number of rotatable bonds is 3. The molecule has 2 atom stereocenters. The summed E-state index contributed by atoms with van der Waals surface area (Å²) in [6.45, 7) is 4.24. The van der Waals surface area contributed by atoms with Crippen molar-refractivity contribution >= 4 is 11.8 Å². The van der Waals surface area contributed by atoms with Gasteiger partial charge in [-0.3, -0.25) is 5.32 Å². The lowest BCUT2D eigenvalue weighted by Crippen LogP contribution is -2.33. The molecule has 2 fully saturated rings. The lowest BCUT2D eigenvalue weighted by molar-refractivity contribution is 0.221. The zero-order valence-electron chi connectivity index (χ0n) is 11.1. The van der Waals surface area contributed by atoms with Crippen LogP contribution in [0.1, 0.15) is 19.8 Å². The van der Waals surface area contributed by atoms with E-state index in [0.717, 1.165) is 24.9 Å². The van der Waals surface area contributed by atoms with Crippen molar-refractivity contribution in [2.75, 3.05) is 25.0 Å². The first-order valence-electron chi connectivity index (χ1n) is 6.91. The summed E-state index contributed by atoms with van der Waals surface area (Å²) in [7, 11) is 0. The van der Waals surface area contributed by atoms with Crippen LogP contribution in [0.15, 0.2) is 18.3 Å². The van der Waals surface area contributed by atoms with Gasteiger partial charge >= 0.3 is 6.03 Å². The molecule has 1 aromatic rings. The molecule has 1 aliphatic carbocycles. The van der Waals surface area contributed by atoms with E-state index in [9.17, 15) is 4.79 Å². The van der Waals surface area contributed by atoms with Crippen molar-refractivity contribution in [3.63, 3.8) is 0 Å². The van der Waals surface area contributed by atoms with E-state index in [-0.39, 0.29) is 6.03 Å². The minimum absolute atomic E-state index is 0.0611. The molecule has 102 valence electrons. The van der Waals surface area contributed by atoms with Gasteiger partial charge in [-0.25, -0.2) is 9.78 Å². The third kappa shape index (κ3) is 2.37. The number of likely N-dealkylation sites (tertiary alicyclic amines) is 1. The van der Waals surface area contributed by atoms with Gasteiger partial charge in [-0.05, 0) is 43.7 Å². The molecule has 0 radical (unpaired) electrons. The van der Waals surface area contributed by atoms with Crippen molar-refractivity contribution in [3.8, 4) is 5.75 Å². The van der Waals surface area contributed by atoms with Crippen LogP contribution in [0.3, 0.4) is 0 Å². The average molecular weight is 261 g/mol. The normalized spacial score (nSPS) is 24.6. The van der Waals surface area contributed by atoms with Crippen LogP contribution in [0.25, 0.3) is 0 Å². The Morgan fingerprint density at radius 2 is 2.21 bits per heavy atom. The number of urea groups is 1. The van der Waals surface area contributed by atoms with E-state index < -0.39 is 0 Å². The molecule has 2 amide bonds. The second-order valence-corrected chi connectivity index (χ2v) is 5.22. The van der Waals surface area contributed by atoms with Gasteiger partial charge in [-0.2, -0.15) is 0 Å². The second-order valence-electron chi connectivity index (χ2n) is 5.22. The molecule has 3 rings (SSSR count). The molecule has 5 heteroatoms. The maximum absolute atomic E-state index is 12.2. The van der Waals surface area contributed by atoms with Gasteiger partial charge in [0.15, 0.2) is 11.6 Å². The number of anilines is 1. The summed E-state index contributed by atoms with van der Waals surface area (Å²) >= 11 is 0. The number of carbonyl (C=O) groups is 1. The summed E-state index contributed by atoms with van der Waals surface area (Å²) in [6, 6.07) is 3.56. The number of fused-ring (bicyclic) bond motifs is 1. The van der Waals surface area contributed by atoms with Crippen molar-refractivity contribution in [1.82, 2.24) is 9.88 Å². The first-order chi connectivity index (χ1) is 9.28. The summed E-state index contributed by atoms with van der Waals surface area (Å²) in [6.07, 6.45) is 4.19. The molecule has 19 heavy (non-hydrogen) atoms. The Hall–Kier alpha value is -1.78. The number of aromatic nitrogens is 1. The highest BCUT2D eigenvalue weighted by Gasteiger charge is 2.41. The highest BCUT2D eigenvalue weighted by Crippen LogP contribution is 2.40. The molecule has 1 N–H and O–H groups in total. The Morgan fingerprint density at radius 1 is 1.47 bits per heavy atom. The van der Waals surface area contributed by atoms with Crippen LogP contribution in [0.2, 0.25) is 0 Å². The van der Waals surface area contributed by atoms with E-state index in [1.165, 1.54) is 12.8 Å². The second kappa shape index (κ2) is 5.07. The lowest BCUT2D eigenvalue weighted by atomic mass is 9.77. The van der Waals surface area contributed by atoms with Gasteiger partial charge in [0.25, 0.3) is 0 Å². The van der Waals surface area contributed by atoms with Gasteiger partial charge in [-0.1, -0.05) is 0 Å². The number of nitrogens with one attached hydrogen (secondary N) is 1. The van der Waals surface area contributed by atoms with Gasteiger partial charge in [0, 0.05) is 19.3 Å². The Bertz CT molecular complexity index is 466. The third-order valence-corrected chi connectivity index (χ3v) is 4.07. The van der Waals surface area contributed by atoms with E-state index in [4.69, 9.17) is 4.74 Å². The van der Waals surface area contributed by atoms with Crippen LogP contribution < -0.4 is 10.1 Å². The van der Waals surface area contributed by atoms with Crippen LogP contribution >= 0.6 is 0 Å². The van der Waals surface area contributed by atoms with E-state index in [0.29, 0.717) is 18.2 Å². The molecule has 2 aliphatic rings. The molecule has 0 spiro atoms. The zero-order valence-corrected chi connectivity index (χ0v) is 11.1. The molecule has 0 bridgehead atoms. The minimum Gasteiger partial charge on any atom is -0.490 e. The summed E-state index contributed by atoms with van der Waals surface area (Å²) in [5.41, 5.74) is 0. The van der Waals surface area contributed by atoms with E-state index in [2.05, 4.69) is 10.3 Å². The number of carbonyl (C=O) groups excluding carboxylic acids is 1. The molecular formula is C14H19N3O2. The van der Waals surface area contributed by atoms with Crippen LogP contribution in [-0.4, -0.2) is 35.6 Å². The van der Waals surface area contributed by atoms with E-state index in [1.54, 1.807) is 12.3 Å². The fourth-order valence-corrected chi connectivity index (χ4v) is 2.86. The minimum atomic E-state index is -0.0611. The number of pyridine rings is 1. The molecular weight excluding hydrogens is 242 g/mol. The largest absolute Gasteiger partial charge is 0.490 e. The van der Waals surface area contributed by atoms with Gasteiger partial charge in [0.1, 0.15) is 0 Å². The van der Waals surface area contributed by atoms with Crippen molar-refractivity contribution in [1.29, 1.82) is 0 Å². The summed E-state index contributed by atoms with van der Waals surface area (Å²) in [4.78, 5) is 18.3. The topological polar surface area (TPSA) is 54.5 Å². The zero-order chi connectivity index (χ0) is 13.2. The number of hydrogen-bond acceptors (Lipinski definition) is 3. The SMILES string of the molecule is CCOc1cccnc1NC(=O)N1C[C@H]2CC[C@H]2C1. The Kier molecular flexibility index (Phi) is 3.27. The predicted molar refractivity (Wildman–Crippen MR) is 72.2 cm³/mol. The first-order valence-corrected chi connectivity index (χ1v) is 6.91. The lowest BCUT2D eigenvalue weighted by Gasteiger charge is -2.27. The van der Waals surface area contributed by atoms with E-state index in [1.807, 2.05) is 17.9 Å². The van der Waals surface area contributed by atoms with E-state index >= 15 is 0 Å². The number of hydrogen-bond donors (Lipinski definition) is 1. The molecule has 0 unspecified atom stereocenters. The summed E-state index contributed by atoms with van der Waals surface area (Å²) in [5, 5.41) is 2.86. The van der Waals surface area contributed by atoms with Crippen LogP contribution in [-0.2, 0) is 0 Å². The highest BCUT2D eigenvalue weighted by atomic mass is 16.5. The maximum Gasteiger partial charge on any atom is 0.323 e. The Labute approximate surface area is 113 Å². The first kappa shape index (κ1) is 12.3. The summed E-state index contributed by atoms with van der Waals surface area (Å²) in [5.74, 6) is 2.58. The van der Waals surface area contributed by atoms with Crippen LogP contribution in [0, 0.1) is 11.8 Å². The fourth-order valence-electron chi connectivity index (χ4n) is 2.86. The molecule has 2 heterocycles. The third-order valence-electron chi connectivity index (χ3n) is 4.07. The highest BCUT2D eigenvalue weighted by molar-refractivity contribution is 5.90. The monoisotopic (exact) mass is 261 g/mol. The number of nitrogens with zero attached hydrogens (tertiary/aromatic N) is 2. The average Bonchev–Trinajstić information content (AvgIpc) is 2.68. The molecule has 5 nitrogen and oxygen atoms in total. The van der Waals surface area contributed by atoms with Crippen LogP contribution in [0.5, 0.6) is 5.75 Å². The predicted octanol–water partition coefficient (Wildman–Crippen LogP) is 2.35. The van der Waals surface area contributed by atoms with Crippen molar-refractivity contribution < 1.29 is 9.53 Å².